The zero-order chi connectivity index (χ0) is 19.1. The third-order valence-electron chi connectivity index (χ3n) is 4.35. The highest BCUT2D eigenvalue weighted by molar-refractivity contribution is 6.04. The van der Waals surface area contributed by atoms with Crippen molar-refractivity contribution in [2.24, 2.45) is 4.99 Å². The minimum atomic E-state index is -0.286. The number of ether oxygens (including phenoxy) is 4. The molecular weight excluding hydrogens is 350 g/mol. The molecule has 148 valence electrons. The Hall–Kier alpha value is -2.32. The van der Waals surface area contributed by atoms with Gasteiger partial charge in [0, 0.05) is 18.5 Å². The van der Waals surface area contributed by atoms with Gasteiger partial charge >= 0.3 is 0 Å². The van der Waals surface area contributed by atoms with E-state index < -0.39 is 0 Å². The van der Waals surface area contributed by atoms with Crippen LogP contribution < -0.4 is 19.7 Å². The number of morpholine rings is 1. The van der Waals surface area contributed by atoms with Crippen molar-refractivity contribution in [3.63, 3.8) is 0 Å². The number of aliphatic imine (C=N–C) groups is 1. The highest BCUT2D eigenvalue weighted by Crippen LogP contribution is 2.32. The molecule has 2 aliphatic heterocycles. The Bertz CT molecular complexity index is 671. The molecule has 0 aliphatic carbocycles. The fraction of sp³-hybridized carbons (Fsp3) is 0.579. The number of amides is 1. The van der Waals surface area contributed by atoms with Gasteiger partial charge in [0.25, 0.3) is 11.9 Å². The predicted octanol–water partition coefficient (Wildman–Crippen LogP) is 0.231. The zero-order valence-electron chi connectivity index (χ0n) is 16.0. The van der Waals surface area contributed by atoms with E-state index in [-0.39, 0.29) is 24.8 Å². The number of hydrogen-bond donors (Lipinski definition) is 2. The molecule has 0 atom stereocenters. The van der Waals surface area contributed by atoms with Gasteiger partial charge in [-0.2, -0.15) is 0 Å². The number of fused-ring (bicyclic) bond motifs is 1. The Kier molecular flexibility index (Phi) is 6.89. The van der Waals surface area contributed by atoms with E-state index in [2.05, 4.69) is 10.3 Å². The molecule has 0 saturated carbocycles. The third kappa shape index (κ3) is 5.83. The summed E-state index contributed by atoms with van der Waals surface area (Å²) in [4.78, 5) is 18.5. The van der Waals surface area contributed by atoms with E-state index in [1.807, 2.05) is 13.8 Å². The number of nitrogens with zero attached hydrogens (tertiary/aromatic N) is 1. The summed E-state index contributed by atoms with van der Waals surface area (Å²) in [7, 11) is 0. The van der Waals surface area contributed by atoms with Crippen molar-refractivity contribution >= 4 is 11.9 Å². The summed E-state index contributed by atoms with van der Waals surface area (Å²) in [5.41, 5.74) is 0.470. The van der Waals surface area contributed by atoms with Crippen LogP contribution in [0, 0.1) is 0 Å². The quantitative estimate of drug-likeness (QED) is 0.421. The van der Waals surface area contributed by atoms with Crippen LogP contribution >= 0.6 is 0 Å². The van der Waals surface area contributed by atoms with Gasteiger partial charge < -0.3 is 23.8 Å². The molecule has 2 heterocycles. The fourth-order valence-electron chi connectivity index (χ4n) is 2.96. The largest absolute Gasteiger partial charge is 0.462 e. The first kappa shape index (κ1) is 19.4. The van der Waals surface area contributed by atoms with E-state index in [4.69, 9.17) is 18.9 Å². The van der Waals surface area contributed by atoms with Crippen LogP contribution in [0.15, 0.2) is 23.2 Å². The first-order chi connectivity index (χ1) is 13.1. The van der Waals surface area contributed by atoms with Crippen molar-refractivity contribution in [3.05, 3.63) is 23.8 Å². The number of hydrogen-bond acceptors (Lipinski definition) is 6. The van der Waals surface area contributed by atoms with E-state index in [1.54, 1.807) is 18.2 Å². The van der Waals surface area contributed by atoms with Gasteiger partial charge in [0.15, 0.2) is 11.5 Å². The monoisotopic (exact) mass is 378 g/mol. The number of carbonyl (C=O) groups is 1. The highest BCUT2D eigenvalue weighted by atomic mass is 16.7. The molecule has 1 saturated heterocycles. The normalized spacial score (nSPS) is 17.2. The Morgan fingerprint density at radius 1 is 1.26 bits per heavy atom. The molecule has 1 aromatic rings. The van der Waals surface area contributed by atoms with Crippen LogP contribution in [0.3, 0.4) is 0 Å². The molecule has 0 unspecified atom stereocenters. The van der Waals surface area contributed by atoms with E-state index >= 15 is 0 Å². The molecule has 1 fully saturated rings. The van der Waals surface area contributed by atoms with Gasteiger partial charge in [-0.05, 0) is 32.0 Å². The maximum Gasteiger partial charge on any atom is 0.291 e. The number of quaternary nitrogens is 1. The van der Waals surface area contributed by atoms with E-state index in [1.165, 1.54) is 4.90 Å². The zero-order valence-corrected chi connectivity index (χ0v) is 16.0. The molecule has 8 nitrogen and oxygen atoms in total. The summed E-state index contributed by atoms with van der Waals surface area (Å²) in [5, 5.41) is 2.76. The van der Waals surface area contributed by atoms with Crippen LogP contribution in [-0.4, -0.2) is 64.2 Å². The first-order valence-electron chi connectivity index (χ1n) is 9.45. The summed E-state index contributed by atoms with van der Waals surface area (Å²) >= 11 is 0. The number of nitrogens with one attached hydrogen (secondary N) is 2. The third-order valence-corrected chi connectivity index (χ3v) is 4.35. The second-order valence-electron chi connectivity index (χ2n) is 6.84. The summed E-state index contributed by atoms with van der Waals surface area (Å²) in [5.74, 6) is 0.926. The van der Waals surface area contributed by atoms with Crippen LogP contribution in [0.1, 0.15) is 30.6 Å². The summed E-state index contributed by atoms with van der Waals surface area (Å²) in [6.07, 6.45) is 0.853. The van der Waals surface area contributed by atoms with Crippen LogP contribution in [0.25, 0.3) is 0 Å². The van der Waals surface area contributed by atoms with Gasteiger partial charge in [0.2, 0.25) is 6.79 Å². The van der Waals surface area contributed by atoms with Crippen molar-refractivity contribution in [1.82, 2.24) is 5.32 Å². The number of amidine groups is 1. The predicted molar refractivity (Wildman–Crippen MR) is 99.6 cm³/mol. The van der Waals surface area contributed by atoms with Crippen LogP contribution in [0.2, 0.25) is 0 Å². The SMILES string of the molecule is CC(C)OC(=NCCC[NH+]1CCOCC1)NC(=O)c1ccc2c(c1)OCO2. The topological polar surface area (TPSA) is 82.8 Å². The standard InChI is InChI=1S/C19H27N3O5/c1-14(2)27-19(20-6-3-7-22-8-10-24-11-9-22)21-18(23)15-4-5-16-17(12-15)26-13-25-16/h4-5,12,14H,3,6-11,13H2,1-2H3,(H,20,21,23)/p+1. The van der Waals surface area contributed by atoms with Gasteiger partial charge in [-0.25, -0.2) is 4.99 Å². The molecule has 2 N–H and O–H groups in total. The van der Waals surface area contributed by atoms with E-state index in [0.29, 0.717) is 23.6 Å². The Morgan fingerprint density at radius 2 is 2.04 bits per heavy atom. The van der Waals surface area contributed by atoms with Crippen molar-refractivity contribution in [3.8, 4) is 11.5 Å². The second kappa shape index (κ2) is 9.57. The molecule has 0 spiro atoms. The number of carbonyl (C=O) groups excluding carboxylic acids is 1. The number of rotatable bonds is 6. The van der Waals surface area contributed by atoms with Gasteiger partial charge in [0.1, 0.15) is 13.1 Å². The molecule has 8 heteroatoms. The summed E-state index contributed by atoms with van der Waals surface area (Å²) in [6, 6.07) is 5.33. The molecule has 1 aromatic carbocycles. The molecule has 27 heavy (non-hydrogen) atoms. The lowest BCUT2D eigenvalue weighted by atomic mass is 10.2. The van der Waals surface area contributed by atoms with Crippen molar-refractivity contribution in [1.29, 1.82) is 0 Å². The fourth-order valence-corrected chi connectivity index (χ4v) is 2.96. The molecule has 3 rings (SSSR count). The minimum absolute atomic E-state index is 0.0781. The van der Waals surface area contributed by atoms with Crippen LogP contribution in [-0.2, 0) is 9.47 Å². The van der Waals surface area contributed by atoms with Crippen molar-refractivity contribution < 1.29 is 28.6 Å². The smallest absolute Gasteiger partial charge is 0.291 e. The van der Waals surface area contributed by atoms with Gasteiger partial charge in [0.05, 0.1) is 25.9 Å². The van der Waals surface area contributed by atoms with Gasteiger partial charge in [-0.3, -0.25) is 10.1 Å². The molecule has 0 radical (unpaired) electrons. The summed E-state index contributed by atoms with van der Waals surface area (Å²) in [6.45, 7) is 9.36. The van der Waals surface area contributed by atoms with Crippen LogP contribution in [0.5, 0.6) is 11.5 Å². The lowest BCUT2D eigenvalue weighted by molar-refractivity contribution is -0.908. The summed E-state index contributed by atoms with van der Waals surface area (Å²) < 4.78 is 21.6. The average Bonchev–Trinajstić information content (AvgIpc) is 3.13. The van der Waals surface area contributed by atoms with E-state index in [9.17, 15) is 4.79 Å². The second-order valence-corrected chi connectivity index (χ2v) is 6.84. The molecule has 0 aromatic heterocycles. The maximum absolute atomic E-state index is 12.5. The minimum Gasteiger partial charge on any atom is -0.462 e. The molecule has 2 aliphatic rings. The maximum atomic E-state index is 12.5. The molecular formula is C19H28N3O5+. The Labute approximate surface area is 159 Å². The van der Waals surface area contributed by atoms with Crippen molar-refractivity contribution in [2.45, 2.75) is 26.4 Å². The molecule has 1 amide bonds. The van der Waals surface area contributed by atoms with Crippen LogP contribution in [0.4, 0.5) is 0 Å². The lowest BCUT2D eigenvalue weighted by Crippen LogP contribution is -3.14. The van der Waals surface area contributed by atoms with E-state index in [0.717, 1.165) is 39.3 Å². The first-order valence-corrected chi connectivity index (χ1v) is 9.45. The highest BCUT2D eigenvalue weighted by Gasteiger charge is 2.18. The lowest BCUT2D eigenvalue weighted by Gasteiger charge is -2.23. The Balaban J connectivity index is 1.54. The molecule has 0 bridgehead atoms. The Morgan fingerprint density at radius 3 is 2.81 bits per heavy atom. The average molecular weight is 378 g/mol. The van der Waals surface area contributed by atoms with Gasteiger partial charge in [-0.15, -0.1) is 0 Å². The van der Waals surface area contributed by atoms with Gasteiger partial charge in [-0.1, -0.05) is 0 Å². The number of benzene rings is 1. The van der Waals surface area contributed by atoms with Crippen molar-refractivity contribution in [2.75, 3.05) is 46.2 Å².